The number of benzene rings is 3. The zero-order chi connectivity index (χ0) is 18.4. The fourth-order valence-electron chi connectivity index (χ4n) is 2.22. The van der Waals surface area contributed by atoms with E-state index in [2.05, 4.69) is 0 Å². The van der Waals surface area contributed by atoms with Crippen molar-refractivity contribution in [3.63, 3.8) is 0 Å². The van der Waals surface area contributed by atoms with Crippen LogP contribution in [0.1, 0.15) is 20.7 Å². The van der Waals surface area contributed by atoms with Crippen LogP contribution in [-0.4, -0.2) is 18.4 Å². The summed E-state index contributed by atoms with van der Waals surface area (Å²) in [5.74, 6) is -0.796. The summed E-state index contributed by atoms with van der Waals surface area (Å²) in [6.45, 7) is -0.305. The number of hydrogen-bond donors (Lipinski definition) is 0. The Morgan fingerprint density at radius 3 is 2.00 bits per heavy atom. The molecule has 0 N–H and O–H groups in total. The molecule has 0 saturated carbocycles. The normalized spacial score (nSPS) is 10.3. The van der Waals surface area contributed by atoms with Crippen LogP contribution in [0.2, 0.25) is 5.02 Å². The van der Waals surface area contributed by atoms with Gasteiger partial charge in [-0.2, -0.15) is 0 Å². The highest BCUT2D eigenvalue weighted by Gasteiger charge is 2.12. The summed E-state index contributed by atoms with van der Waals surface area (Å²) in [6, 6.07) is 23.5. The van der Waals surface area contributed by atoms with Gasteiger partial charge in [-0.25, -0.2) is 4.79 Å². The van der Waals surface area contributed by atoms with Crippen molar-refractivity contribution in [3.05, 3.63) is 95.0 Å². The minimum Gasteiger partial charge on any atom is -0.454 e. The average molecular weight is 383 g/mol. The van der Waals surface area contributed by atoms with Crippen LogP contribution in [0.4, 0.5) is 0 Å². The van der Waals surface area contributed by atoms with E-state index in [4.69, 9.17) is 16.3 Å². The molecule has 0 saturated heterocycles. The number of hydrogen-bond acceptors (Lipinski definition) is 4. The van der Waals surface area contributed by atoms with Crippen molar-refractivity contribution >= 4 is 35.1 Å². The molecule has 3 nitrogen and oxygen atoms in total. The van der Waals surface area contributed by atoms with Gasteiger partial charge in [0.25, 0.3) is 0 Å². The first kappa shape index (κ1) is 18.2. The molecule has 26 heavy (non-hydrogen) atoms. The third-order valence-electron chi connectivity index (χ3n) is 3.57. The van der Waals surface area contributed by atoms with Gasteiger partial charge in [0, 0.05) is 20.4 Å². The quantitative estimate of drug-likeness (QED) is 0.415. The fourth-order valence-corrected chi connectivity index (χ4v) is 3.18. The monoisotopic (exact) mass is 382 g/mol. The van der Waals surface area contributed by atoms with Gasteiger partial charge < -0.3 is 4.74 Å². The van der Waals surface area contributed by atoms with Crippen LogP contribution in [0, 0.1) is 0 Å². The molecule has 0 aliphatic heterocycles. The minimum atomic E-state index is -0.524. The van der Waals surface area contributed by atoms with E-state index in [0.717, 1.165) is 9.79 Å². The highest BCUT2D eigenvalue weighted by Crippen LogP contribution is 2.27. The number of carbonyl (C=O) groups excluding carboxylic acids is 2. The highest BCUT2D eigenvalue weighted by molar-refractivity contribution is 7.99. The van der Waals surface area contributed by atoms with Gasteiger partial charge in [0.2, 0.25) is 0 Å². The molecule has 0 spiro atoms. The summed E-state index contributed by atoms with van der Waals surface area (Å²) in [4.78, 5) is 26.3. The van der Waals surface area contributed by atoms with E-state index in [1.165, 1.54) is 0 Å². The zero-order valence-electron chi connectivity index (χ0n) is 13.7. The first-order chi connectivity index (χ1) is 12.6. The Balaban J connectivity index is 1.56. The molecule has 0 bridgehead atoms. The lowest BCUT2D eigenvalue weighted by Gasteiger charge is -2.06. The Morgan fingerprint density at radius 1 is 0.769 bits per heavy atom. The molecule has 0 amide bonds. The molecule has 130 valence electrons. The van der Waals surface area contributed by atoms with Crippen LogP contribution in [0.3, 0.4) is 0 Å². The second-order valence-electron chi connectivity index (χ2n) is 5.45. The van der Waals surface area contributed by atoms with Crippen LogP contribution in [-0.2, 0) is 4.74 Å². The largest absolute Gasteiger partial charge is 0.454 e. The van der Waals surface area contributed by atoms with Crippen molar-refractivity contribution in [2.24, 2.45) is 0 Å². The minimum absolute atomic E-state index is 0.272. The molecule has 0 unspecified atom stereocenters. The van der Waals surface area contributed by atoms with E-state index in [-0.39, 0.29) is 12.4 Å². The molecule has 5 heteroatoms. The molecule has 0 radical (unpaired) electrons. The maximum atomic E-state index is 12.1. The summed E-state index contributed by atoms with van der Waals surface area (Å²) < 4.78 is 5.10. The smallest absolute Gasteiger partial charge is 0.338 e. The molecule has 3 aromatic carbocycles. The van der Waals surface area contributed by atoms with Gasteiger partial charge in [-0.1, -0.05) is 41.6 Å². The van der Waals surface area contributed by atoms with E-state index in [1.54, 1.807) is 48.2 Å². The molecule has 0 heterocycles. The highest BCUT2D eigenvalue weighted by atomic mass is 35.5. The van der Waals surface area contributed by atoms with E-state index in [1.807, 2.05) is 42.5 Å². The SMILES string of the molecule is O=C(COC(=O)c1ccc(Sc2ccccc2)cc1)c1ccc(Cl)cc1. The number of ether oxygens (including phenoxy) is 1. The summed E-state index contributed by atoms with van der Waals surface area (Å²) in [7, 11) is 0. The van der Waals surface area contributed by atoms with Crippen molar-refractivity contribution in [1.82, 2.24) is 0 Å². The van der Waals surface area contributed by atoms with Gasteiger partial charge in [0.1, 0.15) is 0 Å². The zero-order valence-corrected chi connectivity index (χ0v) is 15.3. The van der Waals surface area contributed by atoms with Gasteiger partial charge in [-0.05, 0) is 60.7 Å². The Labute approximate surface area is 161 Å². The molecule has 0 aliphatic rings. The van der Waals surface area contributed by atoms with Crippen molar-refractivity contribution in [2.45, 2.75) is 9.79 Å². The standard InChI is InChI=1S/C21H15ClO3S/c22-17-10-6-15(7-11-17)20(23)14-25-21(24)16-8-12-19(13-9-16)26-18-4-2-1-3-5-18/h1-13H,14H2. The maximum absolute atomic E-state index is 12.1. The summed E-state index contributed by atoms with van der Waals surface area (Å²) in [5.41, 5.74) is 0.864. The van der Waals surface area contributed by atoms with E-state index in [0.29, 0.717) is 16.1 Å². The molecule has 0 fully saturated rings. The van der Waals surface area contributed by atoms with Crippen LogP contribution in [0.25, 0.3) is 0 Å². The van der Waals surface area contributed by atoms with Gasteiger partial charge in [0.15, 0.2) is 12.4 Å². The number of Topliss-reactive ketones (excluding diaryl/α,β-unsaturated/α-hetero) is 1. The van der Waals surface area contributed by atoms with Crippen molar-refractivity contribution in [3.8, 4) is 0 Å². The van der Waals surface area contributed by atoms with E-state index >= 15 is 0 Å². The lowest BCUT2D eigenvalue weighted by Crippen LogP contribution is -2.14. The Bertz CT molecular complexity index is 891. The molecular formula is C21H15ClO3S. The Kier molecular flexibility index (Phi) is 6.10. The average Bonchev–Trinajstić information content (AvgIpc) is 2.68. The molecule has 3 rings (SSSR count). The number of esters is 1. The Hall–Kier alpha value is -2.56. The number of rotatable bonds is 6. The van der Waals surface area contributed by atoms with Crippen LogP contribution in [0.15, 0.2) is 88.7 Å². The number of carbonyl (C=O) groups is 2. The predicted octanol–water partition coefficient (Wildman–Crippen LogP) is 5.53. The lowest BCUT2D eigenvalue weighted by atomic mass is 10.1. The summed E-state index contributed by atoms with van der Waals surface area (Å²) in [6.07, 6.45) is 0. The molecule has 0 aromatic heterocycles. The number of halogens is 1. The lowest BCUT2D eigenvalue weighted by molar-refractivity contribution is 0.0474. The second-order valence-corrected chi connectivity index (χ2v) is 7.03. The first-order valence-electron chi connectivity index (χ1n) is 7.91. The molecule has 0 atom stereocenters. The van der Waals surface area contributed by atoms with Crippen LogP contribution in [0.5, 0.6) is 0 Å². The third kappa shape index (κ3) is 4.97. The maximum Gasteiger partial charge on any atom is 0.338 e. The van der Waals surface area contributed by atoms with Gasteiger partial charge >= 0.3 is 5.97 Å². The first-order valence-corrected chi connectivity index (χ1v) is 9.10. The van der Waals surface area contributed by atoms with Crippen LogP contribution >= 0.6 is 23.4 Å². The van der Waals surface area contributed by atoms with Gasteiger partial charge in [-0.3, -0.25) is 4.79 Å². The summed E-state index contributed by atoms with van der Waals surface area (Å²) >= 11 is 7.40. The Morgan fingerprint density at radius 2 is 1.35 bits per heavy atom. The van der Waals surface area contributed by atoms with Gasteiger partial charge in [-0.15, -0.1) is 0 Å². The van der Waals surface area contributed by atoms with Crippen molar-refractivity contribution in [1.29, 1.82) is 0 Å². The molecular weight excluding hydrogens is 368 g/mol. The fraction of sp³-hybridized carbons (Fsp3) is 0.0476. The van der Waals surface area contributed by atoms with E-state index < -0.39 is 5.97 Å². The molecule has 3 aromatic rings. The van der Waals surface area contributed by atoms with Gasteiger partial charge in [0.05, 0.1) is 5.56 Å². The van der Waals surface area contributed by atoms with E-state index in [9.17, 15) is 9.59 Å². The molecule has 0 aliphatic carbocycles. The second kappa shape index (κ2) is 8.70. The third-order valence-corrected chi connectivity index (χ3v) is 4.84. The van der Waals surface area contributed by atoms with Crippen molar-refractivity contribution < 1.29 is 14.3 Å². The predicted molar refractivity (Wildman–Crippen MR) is 103 cm³/mol. The summed E-state index contributed by atoms with van der Waals surface area (Å²) in [5, 5.41) is 0.548. The topological polar surface area (TPSA) is 43.4 Å². The number of ketones is 1. The van der Waals surface area contributed by atoms with Crippen LogP contribution < -0.4 is 0 Å². The van der Waals surface area contributed by atoms with Crippen molar-refractivity contribution in [2.75, 3.05) is 6.61 Å².